The van der Waals surface area contributed by atoms with Crippen LogP contribution in [0.2, 0.25) is 0 Å². The van der Waals surface area contributed by atoms with E-state index in [-0.39, 0.29) is 43.1 Å². The van der Waals surface area contributed by atoms with Crippen molar-refractivity contribution in [3.8, 4) is 0 Å². The third-order valence-corrected chi connectivity index (χ3v) is 3.78. The number of ketones is 2. The van der Waals surface area contributed by atoms with Gasteiger partial charge in [0.1, 0.15) is 6.61 Å². The largest absolute Gasteiger partial charge is 0.402 e. The second kappa shape index (κ2) is 14.0. The first kappa shape index (κ1) is 28.8. The Hall–Kier alpha value is -2.21. The molecule has 10 heteroatoms. The number of hydrogen-bond acceptors (Lipinski definition) is 10. The Morgan fingerprint density at radius 1 is 0.935 bits per heavy atom. The van der Waals surface area contributed by atoms with Gasteiger partial charge in [0.15, 0.2) is 17.9 Å². The lowest BCUT2D eigenvalue weighted by molar-refractivity contribution is -0.398. The maximum atomic E-state index is 12.4. The van der Waals surface area contributed by atoms with E-state index in [9.17, 15) is 24.6 Å². The third-order valence-electron chi connectivity index (χ3n) is 3.78. The fourth-order valence-electron chi connectivity index (χ4n) is 2.09. The first-order valence-electron chi connectivity index (χ1n) is 9.46. The van der Waals surface area contributed by atoms with Crippen LogP contribution < -0.4 is 0 Å². The standard InChI is InChI=1S/C21H32O10/c1-13(2)17(23)11-16(18(24)14(3)4)20(26)31-21(27,30-19(25)15(5)6)12-29-10-9-28-8-7-22/h16,20,22,26-27H,1,3,5,7-12H2,2,4,6H3. The Kier molecular flexibility index (Phi) is 13.0. The number of aliphatic hydroxyl groups excluding tert-OH is 2. The molecule has 0 fully saturated rings. The smallest absolute Gasteiger partial charge is 0.353 e. The lowest BCUT2D eigenvalue weighted by Crippen LogP contribution is -2.48. The van der Waals surface area contributed by atoms with Crippen LogP contribution in [0.4, 0.5) is 0 Å². The van der Waals surface area contributed by atoms with Crippen molar-refractivity contribution in [2.45, 2.75) is 39.5 Å². The van der Waals surface area contributed by atoms with Crippen molar-refractivity contribution in [3.05, 3.63) is 36.5 Å². The van der Waals surface area contributed by atoms with E-state index >= 15 is 0 Å². The van der Waals surface area contributed by atoms with Gasteiger partial charge in [0, 0.05) is 12.0 Å². The van der Waals surface area contributed by atoms with Crippen molar-refractivity contribution < 1.29 is 48.7 Å². The van der Waals surface area contributed by atoms with Crippen LogP contribution in [0.3, 0.4) is 0 Å². The minimum atomic E-state index is -2.80. The van der Waals surface area contributed by atoms with E-state index in [1.165, 1.54) is 20.8 Å². The highest BCUT2D eigenvalue weighted by Crippen LogP contribution is 2.23. The molecule has 0 heterocycles. The van der Waals surface area contributed by atoms with E-state index in [4.69, 9.17) is 24.1 Å². The van der Waals surface area contributed by atoms with Gasteiger partial charge in [-0.05, 0) is 31.9 Å². The van der Waals surface area contributed by atoms with Crippen LogP contribution in [0.1, 0.15) is 27.2 Å². The lowest BCUT2D eigenvalue weighted by Gasteiger charge is -2.32. The second-order valence-corrected chi connectivity index (χ2v) is 6.94. The number of carbonyl (C=O) groups is 3. The SMILES string of the molecule is C=C(C)C(=O)CC(C(=O)C(=C)C)C(O)OC(O)(COCCOCCO)OC(=O)C(=C)C. The molecule has 0 aliphatic heterocycles. The molecule has 0 amide bonds. The summed E-state index contributed by atoms with van der Waals surface area (Å²) in [5.41, 5.74) is 0.124. The molecule has 0 radical (unpaired) electrons. The molecular formula is C21H32O10. The number of aliphatic hydroxyl groups is 3. The highest BCUT2D eigenvalue weighted by molar-refractivity contribution is 6.02. The molecule has 3 unspecified atom stereocenters. The average Bonchev–Trinajstić information content (AvgIpc) is 2.67. The number of hydrogen-bond donors (Lipinski definition) is 3. The summed E-state index contributed by atoms with van der Waals surface area (Å²) in [5, 5.41) is 29.7. The van der Waals surface area contributed by atoms with Gasteiger partial charge in [-0.15, -0.1) is 0 Å². The molecule has 0 rings (SSSR count). The van der Waals surface area contributed by atoms with Gasteiger partial charge in [-0.2, -0.15) is 0 Å². The van der Waals surface area contributed by atoms with Gasteiger partial charge in [-0.25, -0.2) is 4.79 Å². The minimum Gasteiger partial charge on any atom is -0.402 e. The molecule has 176 valence electrons. The summed E-state index contributed by atoms with van der Waals surface area (Å²) in [7, 11) is 0. The lowest BCUT2D eigenvalue weighted by atomic mass is 9.91. The molecule has 0 saturated carbocycles. The van der Waals surface area contributed by atoms with Crippen LogP contribution in [0.15, 0.2) is 36.5 Å². The number of rotatable bonds is 17. The van der Waals surface area contributed by atoms with Crippen molar-refractivity contribution in [1.82, 2.24) is 0 Å². The zero-order chi connectivity index (χ0) is 24.2. The van der Waals surface area contributed by atoms with Crippen LogP contribution >= 0.6 is 0 Å². The van der Waals surface area contributed by atoms with E-state index in [0.717, 1.165) is 0 Å². The van der Waals surface area contributed by atoms with Gasteiger partial charge in [-0.3, -0.25) is 14.3 Å². The quantitative estimate of drug-likeness (QED) is 0.125. The van der Waals surface area contributed by atoms with Gasteiger partial charge in [0.25, 0.3) is 0 Å². The first-order valence-corrected chi connectivity index (χ1v) is 9.46. The fourth-order valence-corrected chi connectivity index (χ4v) is 2.09. The minimum absolute atomic E-state index is 0.0434. The molecule has 0 aliphatic rings. The molecule has 0 aromatic heterocycles. The summed E-state index contributed by atoms with van der Waals surface area (Å²) in [5.74, 6) is -6.48. The number of ether oxygens (including phenoxy) is 4. The van der Waals surface area contributed by atoms with Crippen molar-refractivity contribution in [1.29, 1.82) is 0 Å². The Bertz CT molecular complexity index is 684. The Labute approximate surface area is 181 Å². The molecule has 10 nitrogen and oxygen atoms in total. The number of carbonyl (C=O) groups excluding carboxylic acids is 3. The van der Waals surface area contributed by atoms with E-state index in [2.05, 4.69) is 19.7 Å². The normalized spacial score (nSPS) is 14.8. The van der Waals surface area contributed by atoms with Crippen molar-refractivity contribution in [2.75, 3.05) is 33.0 Å². The van der Waals surface area contributed by atoms with Crippen LogP contribution in [-0.4, -0.2) is 78.2 Å². The molecule has 31 heavy (non-hydrogen) atoms. The molecule has 0 aliphatic carbocycles. The van der Waals surface area contributed by atoms with Crippen LogP contribution in [0, 0.1) is 5.92 Å². The predicted octanol–water partition coefficient (Wildman–Crippen LogP) is 0.409. The zero-order valence-electron chi connectivity index (χ0n) is 18.2. The molecule has 0 spiro atoms. The maximum absolute atomic E-state index is 12.4. The molecule has 0 saturated heterocycles. The van der Waals surface area contributed by atoms with Crippen molar-refractivity contribution in [2.24, 2.45) is 5.92 Å². The third kappa shape index (κ3) is 11.1. The predicted molar refractivity (Wildman–Crippen MR) is 109 cm³/mol. The van der Waals surface area contributed by atoms with Gasteiger partial charge in [-0.1, -0.05) is 19.7 Å². The Morgan fingerprint density at radius 2 is 1.52 bits per heavy atom. The molecular weight excluding hydrogens is 412 g/mol. The topological polar surface area (TPSA) is 149 Å². The van der Waals surface area contributed by atoms with Crippen LogP contribution in [-0.2, 0) is 33.3 Å². The zero-order valence-corrected chi connectivity index (χ0v) is 18.2. The fraction of sp³-hybridized carbons (Fsp3) is 0.571. The summed E-state index contributed by atoms with van der Waals surface area (Å²) < 4.78 is 20.1. The maximum Gasteiger partial charge on any atom is 0.353 e. The molecule has 0 aromatic carbocycles. The Balaban J connectivity index is 5.46. The number of Topliss-reactive ketones (excluding diaryl/α,β-unsaturated/α-hetero) is 2. The summed E-state index contributed by atoms with van der Waals surface area (Å²) >= 11 is 0. The van der Waals surface area contributed by atoms with Gasteiger partial charge in [0.05, 0.1) is 32.3 Å². The Morgan fingerprint density at radius 3 is 2.00 bits per heavy atom. The van der Waals surface area contributed by atoms with Crippen molar-refractivity contribution in [3.63, 3.8) is 0 Å². The molecule has 0 bridgehead atoms. The van der Waals surface area contributed by atoms with E-state index in [0.29, 0.717) is 0 Å². The van der Waals surface area contributed by atoms with E-state index in [1.54, 1.807) is 0 Å². The van der Waals surface area contributed by atoms with Gasteiger partial charge >= 0.3 is 11.9 Å². The number of allylic oxidation sites excluding steroid dienone is 2. The van der Waals surface area contributed by atoms with Gasteiger partial charge in [0.2, 0.25) is 0 Å². The summed E-state index contributed by atoms with van der Waals surface area (Å²) in [6.07, 6.45) is -2.52. The highest BCUT2D eigenvalue weighted by Gasteiger charge is 2.41. The summed E-state index contributed by atoms with van der Waals surface area (Å²) in [6, 6.07) is 0. The summed E-state index contributed by atoms with van der Waals surface area (Å²) in [6.45, 7) is 13.6. The monoisotopic (exact) mass is 444 g/mol. The average molecular weight is 444 g/mol. The van der Waals surface area contributed by atoms with E-state index in [1.807, 2.05) is 0 Å². The van der Waals surface area contributed by atoms with Crippen LogP contribution in [0.25, 0.3) is 0 Å². The van der Waals surface area contributed by atoms with Gasteiger partial charge < -0.3 is 29.5 Å². The highest BCUT2D eigenvalue weighted by atomic mass is 16.9. The first-order chi connectivity index (χ1) is 14.3. The van der Waals surface area contributed by atoms with E-state index < -0.39 is 48.7 Å². The van der Waals surface area contributed by atoms with Crippen LogP contribution in [0.5, 0.6) is 0 Å². The van der Waals surface area contributed by atoms with Crippen molar-refractivity contribution >= 4 is 17.5 Å². The molecule has 3 atom stereocenters. The molecule has 0 aromatic rings. The summed E-state index contributed by atoms with van der Waals surface area (Å²) in [4.78, 5) is 36.4. The second-order valence-electron chi connectivity index (χ2n) is 6.94. The molecule has 3 N–H and O–H groups in total. The number of esters is 1.